The third-order valence-electron chi connectivity index (χ3n) is 3.66. The quantitative estimate of drug-likeness (QED) is 0.923. The molecule has 3 atom stereocenters. The van der Waals surface area contributed by atoms with E-state index in [9.17, 15) is 4.79 Å². The maximum Gasteiger partial charge on any atom is 0.241 e. The van der Waals surface area contributed by atoms with Crippen molar-refractivity contribution in [1.29, 1.82) is 0 Å². The second-order valence-electron chi connectivity index (χ2n) is 5.03. The van der Waals surface area contributed by atoms with Gasteiger partial charge in [-0.15, -0.1) is 11.3 Å². The smallest absolute Gasteiger partial charge is 0.241 e. The number of hydrogen-bond donors (Lipinski definition) is 1. The molecule has 3 rings (SSSR count). The van der Waals surface area contributed by atoms with Crippen LogP contribution in [0.2, 0.25) is 0 Å². The first-order valence-corrected chi connectivity index (χ1v) is 8.47. The van der Waals surface area contributed by atoms with E-state index in [1.807, 2.05) is 23.6 Å². The lowest BCUT2D eigenvalue weighted by atomic mass is 10.1. The number of amides is 1. The average Bonchev–Trinajstić information content (AvgIpc) is 3.07. The Balaban J connectivity index is 1.77. The molecule has 0 aromatic carbocycles. The molecule has 3 nitrogen and oxygen atoms in total. The number of rotatable bonds is 3. The van der Waals surface area contributed by atoms with E-state index in [-0.39, 0.29) is 18.1 Å². The molecular formula is C13H18N2OS2. The van der Waals surface area contributed by atoms with Crippen LogP contribution in [-0.2, 0) is 4.79 Å². The molecule has 2 saturated heterocycles. The Kier molecular flexibility index (Phi) is 3.63. The van der Waals surface area contributed by atoms with Crippen LogP contribution >= 0.6 is 23.1 Å². The highest BCUT2D eigenvalue weighted by Crippen LogP contribution is 2.32. The van der Waals surface area contributed by atoms with Crippen LogP contribution in [0, 0.1) is 5.92 Å². The number of thioether (sulfide) groups is 1. The minimum atomic E-state index is -0.0499. The Bertz CT molecular complexity index is 415. The van der Waals surface area contributed by atoms with Crippen LogP contribution < -0.4 is 5.32 Å². The second-order valence-corrected chi connectivity index (χ2v) is 7.16. The molecule has 0 spiro atoms. The molecule has 18 heavy (non-hydrogen) atoms. The van der Waals surface area contributed by atoms with Gasteiger partial charge in [-0.25, -0.2) is 0 Å². The molecule has 0 saturated carbocycles. The van der Waals surface area contributed by atoms with Gasteiger partial charge in [0.05, 0.1) is 6.04 Å². The van der Waals surface area contributed by atoms with E-state index >= 15 is 0 Å². The van der Waals surface area contributed by atoms with Crippen LogP contribution in [-0.4, -0.2) is 34.9 Å². The van der Waals surface area contributed by atoms with Crippen molar-refractivity contribution in [2.45, 2.75) is 25.6 Å². The zero-order chi connectivity index (χ0) is 12.5. The molecule has 2 aliphatic heterocycles. The maximum atomic E-state index is 12.3. The lowest BCUT2D eigenvalue weighted by molar-refractivity contribution is -0.130. The van der Waals surface area contributed by atoms with E-state index in [1.165, 1.54) is 22.8 Å². The van der Waals surface area contributed by atoms with Crippen molar-refractivity contribution in [3.8, 4) is 0 Å². The fourth-order valence-corrected chi connectivity index (χ4v) is 4.73. The molecule has 2 fully saturated rings. The SMILES string of the molecule is CC1NC(c2cccs2)N(CC2CCSC2)C1=O. The molecule has 3 heterocycles. The Hall–Kier alpha value is -0.520. The van der Waals surface area contributed by atoms with Gasteiger partial charge in [-0.05, 0) is 42.2 Å². The summed E-state index contributed by atoms with van der Waals surface area (Å²) in [6.45, 7) is 2.87. The van der Waals surface area contributed by atoms with E-state index in [2.05, 4.69) is 22.8 Å². The van der Waals surface area contributed by atoms with Gasteiger partial charge < -0.3 is 4.90 Å². The van der Waals surface area contributed by atoms with Gasteiger partial charge in [-0.2, -0.15) is 11.8 Å². The Morgan fingerprint density at radius 1 is 1.56 bits per heavy atom. The number of carbonyl (C=O) groups excluding carboxylic acids is 1. The standard InChI is InChI=1S/C13H18N2OS2/c1-9-13(16)15(7-10-4-6-17-8-10)12(14-9)11-3-2-5-18-11/h2-3,5,9-10,12,14H,4,6-8H2,1H3. The van der Waals surface area contributed by atoms with Crippen molar-refractivity contribution in [2.24, 2.45) is 5.92 Å². The van der Waals surface area contributed by atoms with Crippen molar-refractivity contribution in [1.82, 2.24) is 10.2 Å². The number of carbonyl (C=O) groups is 1. The topological polar surface area (TPSA) is 32.3 Å². The highest BCUT2D eigenvalue weighted by atomic mass is 32.2. The highest BCUT2D eigenvalue weighted by molar-refractivity contribution is 7.99. The first-order chi connectivity index (χ1) is 8.75. The van der Waals surface area contributed by atoms with E-state index in [0.29, 0.717) is 5.92 Å². The van der Waals surface area contributed by atoms with Gasteiger partial charge in [-0.1, -0.05) is 6.07 Å². The summed E-state index contributed by atoms with van der Waals surface area (Å²) in [6.07, 6.45) is 1.35. The molecule has 98 valence electrons. The van der Waals surface area contributed by atoms with Crippen molar-refractivity contribution >= 4 is 29.0 Å². The third kappa shape index (κ3) is 2.31. The van der Waals surface area contributed by atoms with Gasteiger partial charge in [0.15, 0.2) is 0 Å². The molecule has 0 aliphatic carbocycles. The Labute approximate surface area is 116 Å². The van der Waals surface area contributed by atoms with Crippen LogP contribution in [0.15, 0.2) is 17.5 Å². The summed E-state index contributed by atoms with van der Waals surface area (Å²) in [6, 6.07) is 4.12. The van der Waals surface area contributed by atoms with E-state index in [4.69, 9.17) is 0 Å². The van der Waals surface area contributed by atoms with E-state index in [1.54, 1.807) is 11.3 Å². The van der Waals surface area contributed by atoms with Crippen LogP contribution in [0.25, 0.3) is 0 Å². The Morgan fingerprint density at radius 2 is 2.44 bits per heavy atom. The monoisotopic (exact) mass is 282 g/mol. The summed E-state index contributed by atoms with van der Waals surface area (Å²) in [4.78, 5) is 15.6. The molecule has 0 radical (unpaired) electrons. The minimum absolute atomic E-state index is 0.0499. The normalized spacial score (nSPS) is 32.4. The first-order valence-electron chi connectivity index (χ1n) is 6.43. The van der Waals surface area contributed by atoms with Gasteiger partial charge in [0.1, 0.15) is 6.17 Å². The molecule has 2 aliphatic rings. The van der Waals surface area contributed by atoms with Crippen molar-refractivity contribution in [3.63, 3.8) is 0 Å². The molecule has 1 aromatic rings. The van der Waals surface area contributed by atoms with Crippen molar-refractivity contribution in [3.05, 3.63) is 22.4 Å². The number of nitrogens with one attached hydrogen (secondary N) is 1. The molecular weight excluding hydrogens is 264 g/mol. The molecule has 1 N–H and O–H groups in total. The second kappa shape index (κ2) is 5.23. The lowest BCUT2D eigenvalue weighted by Crippen LogP contribution is -2.34. The van der Waals surface area contributed by atoms with Gasteiger partial charge in [-0.3, -0.25) is 10.1 Å². The summed E-state index contributed by atoms with van der Waals surface area (Å²) in [5, 5.41) is 5.49. The number of hydrogen-bond acceptors (Lipinski definition) is 4. The Morgan fingerprint density at radius 3 is 3.11 bits per heavy atom. The minimum Gasteiger partial charge on any atom is -0.320 e. The van der Waals surface area contributed by atoms with Crippen molar-refractivity contribution < 1.29 is 4.79 Å². The van der Waals surface area contributed by atoms with Crippen LogP contribution in [0.3, 0.4) is 0 Å². The summed E-state index contributed by atoms with van der Waals surface area (Å²) in [5.74, 6) is 3.38. The largest absolute Gasteiger partial charge is 0.320 e. The predicted octanol–water partition coefficient (Wildman–Crippen LogP) is 2.32. The molecule has 0 bridgehead atoms. The molecule has 5 heteroatoms. The average molecular weight is 282 g/mol. The predicted molar refractivity (Wildman–Crippen MR) is 76.8 cm³/mol. The van der Waals surface area contributed by atoms with Crippen LogP contribution in [0.5, 0.6) is 0 Å². The highest BCUT2D eigenvalue weighted by Gasteiger charge is 2.38. The summed E-state index contributed by atoms with van der Waals surface area (Å²) >= 11 is 3.73. The summed E-state index contributed by atoms with van der Waals surface area (Å²) in [7, 11) is 0. The number of nitrogens with zero attached hydrogens (tertiary/aromatic N) is 1. The van der Waals surface area contributed by atoms with Gasteiger partial charge in [0.25, 0.3) is 0 Å². The fraction of sp³-hybridized carbons (Fsp3) is 0.615. The maximum absolute atomic E-state index is 12.3. The number of thiophene rings is 1. The van der Waals surface area contributed by atoms with Gasteiger partial charge >= 0.3 is 0 Å². The molecule has 1 aromatic heterocycles. The third-order valence-corrected chi connectivity index (χ3v) is 5.82. The summed E-state index contributed by atoms with van der Waals surface area (Å²) in [5.41, 5.74) is 0. The van der Waals surface area contributed by atoms with Gasteiger partial charge in [0, 0.05) is 11.4 Å². The van der Waals surface area contributed by atoms with E-state index < -0.39 is 0 Å². The fourth-order valence-electron chi connectivity index (χ4n) is 2.66. The lowest BCUT2D eigenvalue weighted by Gasteiger charge is -2.26. The van der Waals surface area contributed by atoms with Crippen LogP contribution in [0.4, 0.5) is 0 Å². The molecule has 1 amide bonds. The molecule has 3 unspecified atom stereocenters. The zero-order valence-electron chi connectivity index (χ0n) is 10.5. The zero-order valence-corrected chi connectivity index (χ0v) is 12.1. The first kappa shape index (κ1) is 12.5. The van der Waals surface area contributed by atoms with Gasteiger partial charge in [0.2, 0.25) is 5.91 Å². The van der Waals surface area contributed by atoms with E-state index in [0.717, 1.165) is 6.54 Å². The van der Waals surface area contributed by atoms with Crippen molar-refractivity contribution in [2.75, 3.05) is 18.1 Å². The summed E-state index contributed by atoms with van der Waals surface area (Å²) < 4.78 is 0. The van der Waals surface area contributed by atoms with Crippen LogP contribution in [0.1, 0.15) is 24.4 Å².